The van der Waals surface area contributed by atoms with Crippen molar-refractivity contribution in [2.75, 3.05) is 37.3 Å². The van der Waals surface area contributed by atoms with Crippen LogP contribution in [0.15, 0.2) is 52.0 Å². The van der Waals surface area contributed by atoms with Crippen LogP contribution in [0.4, 0.5) is 23.7 Å². The molecule has 1 heterocycles. The molecule has 190 valence electrons. The molecule has 0 aliphatic carbocycles. The van der Waals surface area contributed by atoms with Crippen molar-refractivity contribution in [1.82, 2.24) is 5.01 Å². The minimum atomic E-state index is -4.55. The second-order valence-electron chi connectivity index (χ2n) is 8.46. The maximum atomic E-state index is 13.5. The number of hydrogen-bond donors (Lipinski definition) is 0. The number of hydrazone groups is 1. The summed E-state index contributed by atoms with van der Waals surface area (Å²) in [5, 5.41) is 5.58. The summed E-state index contributed by atoms with van der Waals surface area (Å²) in [5.74, 6) is 0.916. The first-order valence-electron chi connectivity index (χ1n) is 10.8. The van der Waals surface area contributed by atoms with Crippen LogP contribution in [-0.4, -0.2) is 49.1 Å². The molecular weight excluding hydrogens is 567 g/mol. The van der Waals surface area contributed by atoms with E-state index in [1.807, 2.05) is 25.3 Å². The molecule has 1 unspecified atom stereocenters. The molecule has 1 atom stereocenters. The summed E-state index contributed by atoms with van der Waals surface area (Å²) in [4.78, 5) is 15.0. The first-order chi connectivity index (χ1) is 16.5. The molecular formula is C24H26BrClF3N3O2S. The van der Waals surface area contributed by atoms with Crippen molar-refractivity contribution in [2.45, 2.75) is 25.9 Å². The smallest absolute Gasteiger partial charge is 0.364 e. The Balaban J connectivity index is 1.99. The number of halogens is 5. The number of ether oxygens (including phenoxy) is 1. The Hall–Kier alpha value is -1.75. The van der Waals surface area contributed by atoms with Gasteiger partial charge >= 0.3 is 12.2 Å². The second-order valence-corrected chi connectivity index (χ2v) is 10.8. The van der Waals surface area contributed by atoms with Gasteiger partial charge in [-0.15, -0.1) is 0 Å². The highest BCUT2D eigenvalue weighted by molar-refractivity contribution is 9.10. The number of benzene rings is 2. The highest BCUT2D eigenvalue weighted by atomic mass is 79.9. The van der Waals surface area contributed by atoms with Gasteiger partial charge in [0.2, 0.25) is 0 Å². The van der Waals surface area contributed by atoms with E-state index in [-0.39, 0.29) is 13.3 Å². The lowest BCUT2D eigenvalue weighted by atomic mass is 9.78. The summed E-state index contributed by atoms with van der Waals surface area (Å²) in [6.45, 7) is 2.27. The number of thioether (sulfide) groups is 1. The van der Waals surface area contributed by atoms with Crippen molar-refractivity contribution in [2.24, 2.45) is 10.5 Å². The van der Waals surface area contributed by atoms with Crippen molar-refractivity contribution in [3.63, 3.8) is 0 Å². The lowest BCUT2D eigenvalue weighted by Gasteiger charge is -2.29. The summed E-state index contributed by atoms with van der Waals surface area (Å²) in [6, 6.07) is 10.4. The number of hydrogen-bond acceptors (Lipinski definition) is 4. The number of urea groups is 1. The molecule has 2 amide bonds. The molecule has 0 bridgehead atoms. The monoisotopic (exact) mass is 591 g/mol. The molecule has 0 saturated carbocycles. The summed E-state index contributed by atoms with van der Waals surface area (Å²) >= 11 is 11.1. The van der Waals surface area contributed by atoms with Crippen molar-refractivity contribution in [3.8, 4) is 0 Å². The van der Waals surface area contributed by atoms with Crippen LogP contribution < -0.4 is 4.90 Å². The summed E-state index contributed by atoms with van der Waals surface area (Å²) in [5.41, 5.74) is 0.167. The molecule has 0 fully saturated rings. The Morgan fingerprint density at radius 1 is 1.29 bits per heavy atom. The molecule has 11 heteroatoms. The van der Waals surface area contributed by atoms with Crippen LogP contribution in [0.2, 0.25) is 5.02 Å². The van der Waals surface area contributed by atoms with E-state index in [1.165, 1.54) is 29.2 Å². The Bertz CT molecular complexity index is 1080. The summed E-state index contributed by atoms with van der Waals surface area (Å²) in [7, 11) is 1.49. The SMILES string of the molecule is COCN(C(=O)N1CC(C)(CCCSC)C(c2ccc(C(F)(F)F)c(Cl)c2)=N1)c1ccc(Br)cc1. The molecule has 0 N–H and O–H groups in total. The summed E-state index contributed by atoms with van der Waals surface area (Å²) < 4.78 is 45.9. The van der Waals surface area contributed by atoms with Crippen LogP contribution in [-0.2, 0) is 10.9 Å². The van der Waals surface area contributed by atoms with Crippen LogP contribution in [0, 0.1) is 5.41 Å². The highest BCUT2D eigenvalue weighted by Crippen LogP contribution is 2.40. The fraction of sp³-hybridized carbons (Fsp3) is 0.417. The minimum Gasteiger partial charge on any atom is -0.364 e. The molecule has 35 heavy (non-hydrogen) atoms. The number of carbonyl (C=O) groups excluding carboxylic acids is 1. The van der Waals surface area contributed by atoms with Gasteiger partial charge in [0, 0.05) is 22.7 Å². The molecule has 1 aliphatic heterocycles. The van der Waals surface area contributed by atoms with E-state index in [4.69, 9.17) is 16.3 Å². The van der Waals surface area contributed by atoms with E-state index < -0.39 is 28.2 Å². The Kier molecular flexibility index (Phi) is 9.17. The zero-order valence-electron chi connectivity index (χ0n) is 19.5. The van der Waals surface area contributed by atoms with E-state index in [0.717, 1.165) is 22.7 Å². The molecule has 2 aromatic carbocycles. The van der Waals surface area contributed by atoms with E-state index in [1.54, 1.807) is 23.9 Å². The predicted molar refractivity (Wildman–Crippen MR) is 139 cm³/mol. The van der Waals surface area contributed by atoms with E-state index in [0.29, 0.717) is 23.4 Å². The van der Waals surface area contributed by atoms with Gasteiger partial charge in [0.05, 0.1) is 22.8 Å². The average Bonchev–Trinajstić information content (AvgIpc) is 3.14. The van der Waals surface area contributed by atoms with Gasteiger partial charge in [0.25, 0.3) is 0 Å². The second kappa shape index (κ2) is 11.5. The topological polar surface area (TPSA) is 45.1 Å². The van der Waals surface area contributed by atoms with Crippen molar-refractivity contribution in [3.05, 3.63) is 63.1 Å². The lowest BCUT2D eigenvalue weighted by molar-refractivity contribution is -0.137. The third-order valence-electron chi connectivity index (χ3n) is 5.76. The third-order valence-corrected chi connectivity index (χ3v) is 7.30. The van der Waals surface area contributed by atoms with Gasteiger partial charge in [-0.2, -0.15) is 30.0 Å². The zero-order chi connectivity index (χ0) is 25.8. The van der Waals surface area contributed by atoms with Crippen molar-refractivity contribution >= 4 is 56.7 Å². The van der Waals surface area contributed by atoms with E-state index >= 15 is 0 Å². The van der Waals surface area contributed by atoms with Gasteiger partial charge in [-0.3, -0.25) is 4.90 Å². The van der Waals surface area contributed by atoms with Crippen LogP contribution in [0.1, 0.15) is 30.9 Å². The predicted octanol–water partition coefficient (Wildman–Crippen LogP) is 7.52. The standard InChI is InChI=1S/C24H26BrClF3N3O2S/c1-23(11-4-12-35-3)14-32(22(33)31(15-34-2)18-8-6-17(25)7-9-18)30-21(23)16-5-10-19(20(26)13-16)24(27,28)29/h5-10,13H,4,11-12,14-15H2,1-3H3. The molecule has 1 aliphatic rings. The van der Waals surface area contributed by atoms with Gasteiger partial charge in [0.15, 0.2) is 0 Å². The van der Waals surface area contributed by atoms with Gasteiger partial charge in [-0.05, 0) is 66.8 Å². The van der Waals surface area contributed by atoms with Gasteiger partial charge in [0.1, 0.15) is 6.73 Å². The number of nitrogens with zero attached hydrogens (tertiary/aromatic N) is 3. The maximum Gasteiger partial charge on any atom is 0.417 e. The number of rotatable bonds is 8. The molecule has 2 aromatic rings. The van der Waals surface area contributed by atoms with Crippen LogP contribution in [0.3, 0.4) is 0 Å². The Morgan fingerprint density at radius 3 is 2.54 bits per heavy atom. The van der Waals surface area contributed by atoms with Gasteiger partial charge in [-0.1, -0.05) is 40.5 Å². The van der Waals surface area contributed by atoms with Gasteiger partial charge < -0.3 is 4.74 Å². The fourth-order valence-corrected chi connectivity index (χ4v) is 5.01. The average molecular weight is 593 g/mol. The van der Waals surface area contributed by atoms with Gasteiger partial charge in [-0.25, -0.2) is 9.80 Å². The fourth-order valence-electron chi connectivity index (χ4n) is 4.02. The lowest BCUT2D eigenvalue weighted by Crippen LogP contribution is -2.43. The van der Waals surface area contributed by atoms with Crippen LogP contribution in [0.5, 0.6) is 0 Å². The first-order valence-corrected chi connectivity index (χ1v) is 13.4. The van der Waals surface area contributed by atoms with Crippen molar-refractivity contribution < 1.29 is 22.7 Å². The number of anilines is 1. The molecule has 0 radical (unpaired) electrons. The number of carbonyl (C=O) groups is 1. The van der Waals surface area contributed by atoms with Crippen LogP contribution >= 0.6 is 39.3 Å². The Labute approximate surface area is 220 Å². The molecule has 5 nitrogen and oxygen atoms in total. The molecule has 0 aromatic heterocycles. The normalized spacial score (nSPS) is 18.1. The maximum absolute atomic E-state index is 13.5. The van der Waals surface area contributed by atoms with E-state index in [9.17, 15) is 18.0 Å². The largest absolute Gasteiger partial charge is 0.417 e. The Morgan fingerprint density at radius 2 is 1.97 bits per heavy atom. The highest BCUT2D eigenvalue weighted by Gasteiger charge is 2.43. The van der Waals surface area contributed by atoms with Crippen LogP contribution in [0.25, 0.3) is 0 Å². The van der Waals surface area contributed by atoms with Crippen molar-refractivity contribution in [1.29, 1.82) is 0 Å². The third kappa shape index (κ3) is 6.53. The molecule has 0 spiro atoms. The van der Waals surface area contributed by atoms with E-state index in [2.05, 4.69) is 21.0 Å². The quantitative estimate of drug-likeness (QED) is 0.235. The molecule has 3 rings (SSSR count). The molecule has 0 saturated heterocycles. The first kappa shape index (κ1) is 27.8. The zero-order valence-corrected chi connectivity index (χ0v) is 22.7. The minimum absolute atomic E-state index is 0.0110. The number of methoxy groups -OCH3 is 1. The number of alkyl halides is 3. The number of amides is 2. The summed E-state index contributed by atoms with van der Waals surface area (Å²) in [6.07, 6.45) is -0.973.